The molecule has 0 aliphatic heterocycles. The molecule has 2 heterocycles. The van der Waals surface area contributed by atoms with Crippen molar-refractivity contribution in [2.45, 2.75) is 39.7 Å². The summed E-state index contributed by atoms with van der Waals surface area (Å²) in [6, 6.07) is 2.03. The summed E-state index contributed by atoms with van der Waals surface area (Å²) in [5.74, 6) is 1.06. The fourth-order valence-corrected chi connectivity index (χ4v) is 1.97. The minimum absolute atomic E-state index is 0.111. The van der Waals surface area contributed by atoms with Crippen LogP contribution in [0.1, 0.15) is 33.0 Å². The van der Waals surface area contributed by atoms with Crippen molar-refractivity contribution in [1.82, 2.24) is 14.5 Å². The van der Waals surface area contributed by atoms with E-state index < -0.39 is 0 Å². The fourth-order valence-electron chi connectivity index (χ4n) is 1.97. The Morgan fingerprint density at radius 3 is 2.80 bits per heavy atom. The summed E-state index contributed by atoms with van der Waals surface area (Å²) < 4.78 is 2.30. The molecule has 15 heavy (non-hydrogen) atoms. The summed E-state index contributed by atoms with van der Waals surface area (Å²) in [6.45, 7) is 8.73. The Hall–Kier alpha value is -1.38. The maximum atomic E-state index is 4.53. The van der Waals surface area contributed by atoms with Gasteiger partial charge in [0, 0.05) is 11.7 Å². The molecule has 0 unspecified atom stereocenters. The molecule has 2 aromatic heterocycles. The third kappa shape index (κ3) is 1.52. The van der Waals surface area contributed by atoms with Crippen LogP contribution >= 0.6 is 0 Å². The van der Waals surface area contributed by atoms with Crippen LogP contribution in [-0.2, 0) is 5.54 Å². The van der Waals surface area contributed by atoms with Gasteiger partial charge in [-0.2, -0.15) is 0 Å². The molecule has 0 fully saturated rings. The minimum atomic E-state index is 0.111. The number of rotatable bonds is 2. The first-order chi connectivity index (χ1) is 7.06. The highest BCUT2D eigenvalue weighted by molar-refractivity contribution is 5.75. The van der Waals surface area contributed by atoms with Gasteiger partial charge in [0.1, 0.15) is 11.3 Å². The molecule has 0 bridgehead atoms. The monoisotopic (exact) mass is 203 g/mol. The number of aryl methyl sites for hydroxylation is 1. The quantitative estimate of drug-likeness (QED) is 0.751. The summed E-state index contributed by atoms with van der Waals surface area (Å²) in [5.41, 5.74) is 2.27. The molecule has 2 aromatic rings. The molecule has 0 spiro atoms. The second-order valence-corrected chi connectivity index (χ2v) is 4.52. The predicted octanol–water partition coefficient (Wildman–Crippen LogP) is 2.88. The molecular formula is C12H17N3. The first kappa shape index (κ1) is 10.1. The van der Waals surface area contributed by atoms with E-state index in [1.807, 2.05) is 18.5 Å². The Bertz CT molecular complexity index is 483. The maximum absolute atomic E-state index is 4.53. The lowest BCUT2D eigenvalue weighted by Gasteiger charge is -2.27. The molecule has 0 radical (unpaired) electrons. The zero-order valence-electron chi connectivity index (χ0n) is 9.78. The van der Waals surface area contributed by atoms with Gasteiger partial charge < -0.3 is 4.57 Å². The lowest BCUT2D eigenvalue weighted by molar-refractivity contribution is 0.345. The first-order valence-electron chi connectivity index (χ1n) is 5.36. The Kier molecular flexibility index (Phi) is 2.25. The van der Waals surface area contributed by atoms with Gasteiger partial charge in [-0.05, 0) is 33.3 Å². The smallest absolute Gasteiger partial charge is 0.107 e. The molecule has 0 aromatic carbocycles. The Morgan fingerprint density at radius 2 is 2.13 bits per heavy atom. The molecule has 80 valence electrons. The van der Waals surface area contributed by atoms with E-state index in [0.29, 0.717) is 0 Å². The van der Waals surface area contributed by atoms with Crippen molar-refractivity contribution < 1.29 is 0 Å². The van der Waals surface area contributed by atoms with Gasteiger partial charge in [-0.15, -0.1) is 0 Å². The summed E-state index contributed by atoms with van der Waals surface area (Å²) in [4.78, 5) is 8.63. The molecule has 3 nitrogen and oxygen atoms in total. The van der Waals surface area contributed by atoms with Crippen molar-refractivity contribution in [3.05, 3.63) is 24.3 Å². The third-order valence-corrected chi connectivity index (χ3v) is 3.10. The molecule has 0 aliphatic rings. The van der Waals surface area contributed by atoms with Crippen LogP contribution in [0.4, 0.5) is 0 Å². The summed E-state index contributed by atoms with van der Waals surface area (Å²) >= 11 is 0. The number of hydrogen-bond acceptors (Lipinski definition) is 2. The molecule has 0 amide bonds. The first-order valence-corrected chi connectivity index (χ1v) is 5.36. The average Bonchev–Trinajstić information content (AvgIpc) is 2.54. The van der Waals surface area contributed by atoms with Crippen molar-refractivity contribution in [3.63, 3.8) is 0 Å². The van der Waals surface area contributed by atoms with Crippen LogP contribution in [0.2, 0.25) is 0 Å². The summed E-state index contributed by atoms with van der Waals surface area (Å²) in [5, 5.41) is 0. The van der Waals surface area contributed by atoms with Gasteiger partial charge in [-0.3, -0.25) is 4.98 Å². The van der Waals surface area contributed by atoms with Gasteiger partial charge in [0.25, 0.3) is 0 Å². The van der Waals surface area contributed by atoms with E-state index in [-0.39, 0.29) is 5.54 Å². The summed E-state index contributed by atoms with van der Waals surface area (Å²) in [6.07, 6.45) is 4.73. The normalized spacial score (nSPS) is 12.3. The van der Waals surface area contributed by atoms with Crippen molar-refractivity contribution in [3.8, 4) is 0 Å². The highest BCUT2D eigenvalue weighted by Gasteiger charge is 2.22. The van der Waals surface area contributed by atoms with E-state index in [1.54, 1.807) is 0 Å². The molecule has 0 atom stereocenters. The molecule has 0 aliphatic carbocycles. The van der Waals surface area contributed by atoms with Gasteiger partial charge in [0.15, 0.2) is 0 Å². The van der Waals surface area contributed by atoms with Gasteiger partial charge in [-0.1, -0.05) is 6.92 Å². The maximum Gasteiger partial charge on any atom is 0.107 e. The van der Waals surface area contributed by atoms with Crippen LogP contribution in [0.25, 0.3) is 11.0 Å². The molecule has 2 rings (SSSR count). The van der Waals surface area contributed by atoms with Crippen LogP contribution < -0.4 is 0 Å². The van der Waals surface area contributed by atoms with E-state index in [2.05, 4.69) is 42.2 Å². The average molecular weight is 203 g/mol. The minimum Gasteiger partial charge on any atom is -0.322 e. The van der Waals surface area contributed by atoms with Crippen LogP contribution in [0.3, 0.4) is 0 Å². The standard InChI is InChI=1S/C12H17N3/c1-5-12(3,4)15-9(2)14-10-8-13-7-6-11(10)15/h6-8H,5H2,1-4H3. The van der Waals surface area contributed by atoms with Crippen molar-refractivity contribution in [2.24, 2.45) is 0 Å². The zero-order valence-corrected chi connectivity index (χ0v) is 9.78. The Balaban J connectivity index is 2.74. The van der Waals surface area contributed by atoms with Gasteiger partial charge in [0.05, 0.1) is 11.7 Å². The number of fused-ring (bicyclic) bond motifs is 1. The van der Waals surface area contributed by atoms with E-state index in [0.717, 1.165) is 17.8 Å². The SMILES string of the molecule is CCC(C)(C)n1c(C)nc2cnccc21. The van der Waals surface area contributed by atoms with Crippen molar-refractivity contribution in [2.75, 3.05) is 0 Å². The second-order valence-electron chi connectivity index (χ2n) is 4.52. The zero-order chi connectivity index (χ0) is 11.1. The third-order valence-electron chi connectivity index (χ3n) is 3.10. The van der Waals surface area contributed by atoms with Crippen LogP contribution in [0.5, 0.6) is 0 Å². The lowest BCUT2D eigenvalue weighted by atomic mass is 10.0. The van der Waals surface area contributed by atoms with Gasteiger partial charge in [0.2, 0.25) is 0 Å². The summed E-state index contributed by atoms with van der Waals surface area (Å²) in [7, 11) is 0. The van der Waals surface area contributed by atoms with Crippen molar-refractivity contribution in [1.29, 1.82) is 0 Å². The highest BCUT2D eigenvalue weighted by Crippen LogP contribution is 2.26. The number of imidazole rings is 1. The van der Waals surface area contributed by atoms with Gasteiger partial charge >= 0.3 is 0 Å². The fraction of sp³-hybridized carbons (Fsp3) is 0.500. The Morgan fingerprint density at radius 1 is 1.40 bits per heavy atom. The predicted molar refractivity (Wildman–Crippen MR) is 61.9 cm³/mol. The number of hydrogen-bond donors (Lipinski definition) is 0. The van der Waals surface area contributed by atoms with Gasteiger partial charge in [-0.25, -0.2) is 4.98 Å². The lowest BCUT2D eigenvalue weighted by Crippen LogP contribution is -2.26. The van der Waals surface area contributed by atoms with Crippen LogP contribution in [-0.4, -0.2) is 14.5 Å². The number of nitrogens with zero attached hydrogens (tertiary/aromatic N) is 3. The molecule has 0 saturated heterocycles. The molecular weight excluding hydrogens is 186 g/mol. The molecule has 0 saturated carbocycles. The van der Waals surface area contributed by atoms with E-state index in [9.17, 15) is 0 Å². The van der Waals surface area contributed by atoms with Crippen LogP contribution in [0, 0.1) is 6.92 Å². The molecule has 0 N–H and O–H groups in total. The Labute approximate surface area is 90.2 Å². The van der Waals surface area contributed by atoms with E-state index in [1.165, 1.54) is 5.52 Å². The second kappa shape index (κ2) is 3.33. The van der Waals surface area contributed by atoms with Crippen molar-refractivity contribution >= 4 is 11.0 Å². The van der Waals surface area contributed by atoms with E-state index >= 15 is 0 Å². The highest BCUT2D eigenvalue weighted by atomic mass is 15.1. The van der Waals surface area contributed by atoms with Crippen LogP contribution in [0.15, 0.2) is 18.5 Å². The molecule has 3 heteroatoms. The number of aromatic nitrogens is 3. The largest absolute Gasteiger partial charge is 0.322 e. The van der Waals surface area contributed by atoms with E-state index in [4.69, 9.17) is 0 Å². The number of pyridine rings is 1. The topological polar surface area (TPSA) is 30.7 Å².